The van der Waals surface area contributed by atoms with E-state index in [2.05, 4.69) is 17.0 Å². The van der Waals surface area contributed by atoms with Gasteiger partial charge >= 0.3 is 0 Å². The third-order valence-corrected chi connectivity index (χ3v) is 3.27. The molecule has 1 aromatic carbocycles. The number of aldehydes is 1. The molecule has 0 saturated carbocycles. The molecule has 0 amide bonds. The van der Waals surface area contributed by atoms with Gasteiger partial charge in [-0.2, -0.15) is 0 Å². The second-order valence-electron chi connectivity index (χ2n) is 4.64. The summed E-state index contributed by atoms with van der Waals surface area (Å²) in [6, 6.07) is 8.10. The molecule has 3 heteroatoms. The van der Waals surface area contributed by atoms with E-state index in [1.54, 1.807) is 0 Å². The van der Waals surface area contributed by atoms with Gasteiger partial charge in [-0.05, 0) is 24.0 Å². The van der Waals surface area contributed by atoms with Gasteiger partial charge < -0.3 is 4.79 Å². The molecule has 0 N–H and O–H groups in total. The SMILES string of the molecule is O=CCc1ccc(CN2CCC(F)CC2)cc1. The number of carbonyl (C=O) groups is 1. The Kier molecular flexibility index (Phi) is 4.26. The number of alkyl halides is 1. The molecular weight excluding hydrogens is 217 g/mol. The van der Waals surface area contributed by atoms with E-state index < -0.39 is 6.17 Å². The molecule has 1 aliphatic heterocycles. The number of hydrogen-bond acceptors (Lipinski definition) is 2. The Labute approximate surface area is 101 Å². The quantitative estimate of drug-likeness (QED) is 0.747. The third kappa shape index (κ3) is 3.63. The molecule has 2 nitrogen and oxygen atoms in total. The maximum Gasteiger partial charge on any atom is 0.124 e. The Hall–Kier alpha value is -1.22. The fourth-order valence-corrected chi connectivity index (χ4v) is 2.19. The lowest BCUT2D eigenvalue weighted by molar-refractivity contribution is -0.107. The zero-order chi connectivity index (χ0) is 12.1. The van der Waals surface area contributed by atoms with E-state index in [4.69, 9.17) is 0 Å². The van der Waals surface area contributed by atoms with Crippen LogP contribution in [-0.4, -0.2) is 30.4 Å². The van der Waals surface area contributed by atoms with Crippen molar-refractivity contribution in [2.24, 2.45) is 0 Å². The van der Waals surface area contributed by atoms with Gasteiger partial charge in [-0.25, -0.2) is 4.39 Å². The predicted octanol–water partition coefficient (Wildman–Crippen LogP) is 2.36. The molecule has 0 aromatic heterocycles. The Bertz CT molecular complexity index is 355. The molecule has 0 aliphatic carbocycles. The highest BCUT2D eigenvalue weighted by atomic mass is 19.1. The lowest BCUT2D eigenvalue weighted by atomic mass is 10.1. The van der Waals surface area contributed by atoms with Crippen molar-refractivity contribution in [3.05, 3.63) is 35.4 Å². The molecule has 17 heavy (non-hydrogen) atoms. The van der Waals surface area contributed by atoms with Gasteiger partial charge in [0.2, 0.25) is 0 Å². The molecule has 1 aromatic rings. The van der Waals surface area contributed by atoms with Crippen LogP contribution in [0.15, 0.2) is 24.3 Å². The fourth-order valence-electron chi connectivity index (χ4n) is 2.19. The molecule has 0 bridgehead atoms. The molecule has 0 atom stereocenters. The summed E-state index contributed by atoms with van der Waals surface area (Å²) in [5, 5.41) is 0. The number of carbonyl (C=O) groups excluding carboxylic acids is 1. The number of rotatable bonds is 4. The van der Waals surface area contributed by atoms with Crippen molar-refractivity contribution in [1.82, 2.24) is 4.90 Å². The Morgan fingerprint density at radius 3 is 2.35 bits per heavy atom. The van der Waals surface area contributed by atoms with E-state index in [0.717, 1.165) is 31.5 Å². The first-order valence-electron chi connectivity index (χ1n) is 6.16. The molecule has 2 rings (SSSR count). The van der Waals surface area contributed by atoms with Crippen LogP contribution in [0.2, 0.25) is 0 Å². The van der Waals surface area contributed by atoms with Gasteiger partial charge in [0.25, 0.3) is 0 Å². The second kappa shape index (κ2) is 5.92. The first-order valence-corrected chi connectivity index (χ1v) is 6.16. The third-order valence-electron chi connectivity index (χ3n) is 3.27. The van der Waals surface area contributed by atoms with Crippen molar-refractivity contribution < 1.29 is 9.18 Å². The first kappa shape index (κ1) is 12.2. The Balaban J connectivity index is 1.88. The number of hydrogen-bond donors (Lipinski definition) is 0. The van der Waals surface area contributed by atoms with Crippen LogP contribution in [-0.2, 0) is 17.8 Å². The van der Waals surface area contributed by atoms with E-state index in [1.165, 1.54) is 5.56 Å². The monoisotopic (exact) mass is 235 g/mol. The number of halogens is 1. The van der Waals surface area contributed by atoms with Gasteiger partial charge in [-0.1, -0.05) is 24.3 Å². The van der Waals surface area contributed by atoms with Crippen molar-refractivity contribution in [3.63, 3.8) is 0 Å². The van der Waals surface area contributed by atoms with Crippen LogP contribution in [0.25, 0.3) is 0 Å². The average molecular weight is 235 g/mol. The maximum atomic E-state index is 13.0. The molecule has 1 saturated heterocycles. The molecule has 0 spiro atoms. The van der Waals surface area contributed by atoms with Crippen LogP contribution in [0.3, 0.4) is 0 Å². The summed E-state index contributed by atoms with van der Waals surface area (Å²) in [5.74, 6) is 0. The average Bonchev–Trinajstić information content (AvgIpc) is 2.35. The number of nitrogens with zero attached hydrogens (tertiary/aromatic N) is 1. The minimum absolute atomic E-state index is 0.480. The van der Waals surface area contributed by atoms with Gasteiger partial charge in [-0.3, -0.25) is 4.90 Å². The summed E-state index contributed by atoms with van der Waals surface area (Å²) in [6.07, 6.45) is 2.10. The number of piperidine rings is 1. The minimum atomic E-state index is -0.610. The summed E-state index contributed by atoms with van der Waals surface area (Å²) in [7, 11) is 0. The highest BCUT2D eigenvalue weighted by Gasteiger charge is 2.17. The minimum Gasteiger partial charge on any atom is -0.303 e. The fraction of sp³-hybridized carbons (Fsp3) is 0.500. The summed E-state index contributed by atoms with van der Waals surface area (Å²) in [6.45, 7) is 2.57. The molecule has 1 heterocycles. The van der Waals surface area contributed by atoms with Crippen molar-refractivity contribution in [1.29, 1.82) is 0 Å². The van der Waals surface area contributed by atoms with Crippen molar-refractivity contribution in [2.75, 3.05) is 13.1 Å². The zero-order valence-electron chi connectivity index (χ0n) is 9.94. The van der Waals surface area contributed by atoms with Crippen LogP contribution in [0.1, 0.15) is 24.0 Å². The topological polar surface area (TPSA) is 20.3 Å². The molecule has 1 fully saturated rings. The normalized spacial score (nSPS) is 18.2. The molecule has 92 valence electrons. The van der Waals surface area contributed by atoms with E-state index in [1.807, 2.05) is 12.1 Å². The summed E-state index contributed by atoms with van der Waals surface area (Å²) in [5.41, 5.74) is 2.28. The van der Waals surface area contributed by atoms with Crippen LogP contribution in [0, 0.1) is 0 Å². The second-order valence-corrected chi connectivity index (χ2v) is 4.64. The number of likely N-dealkylation sites (tertiary alicyclic amines) is 1. The van der Waals surface area contributed by atoms with Crippen molar-refractivity contribution >= 4 is 6.29 Å². The lowest BCUT2D eigenvalue weighted by Gasteiger charge is -2.28. The largest absolute Gasteiger partial charge is 0.303 e. The van der Waals surface area contributed by atoms with Gasteiger partial charge in [0, 0.05) is 26.1 Å². The maximum absolute atomic E-state index is 13.0. The highest BCUT2D eigenvalue weighted by molar-refractivity contribution is 5.54. The van der Waals surface area contributed by atoms with Gasteiger partial charge in [-0.15, -0.1) is 0 Å². The molecular formula is C14H18FNO. The van der Waals surface area contributed by atoms with Gasteiger partial charge in [0.05, 0.1) is 0 Å². The van der Waals surface area contributed by atoms with Crippen LogP contribution in [0.5, 0.6) is 0 Å². The smallest absolute Gasteiger partial charge is 0.124 e. The Morgan fingerprint density at radius 2 is 1.76 bits per heavy atom. The first-order chi connectivity index (χ1) is 8.28. The van der Waals surface area contributed by atoms with Crippen LogP contribution in [0.4, 0.5) is 4.39 Å². The molecule has 1 aliphatic rings. The summed E-state index contributed by atoms with van der Waals surface area (Å²) >= 11 is 0. The van der Waals surface area contributed by atoms with E-state index >= 15 is 0 Å². The van der Waals surface area contributed by atoms with E-state index in [9.17, 15) is 9.18 Å². The van der Waals surface area contributed by atoms with Crippen molar-refractivity contribution in [2.45, 2.75) is 32.0 Å². The van der Waals surface area contributed by atoms with Gasteiger partial charge in [0.1, 0.15) is 12.5 Å². The van der Waals surface area contributed by atoms with Crippen molar-refractivity contribution in [3.8, 4) is 0 Å². The molecule has 0 radical (unpaired) electrons. The zero-order valence-corrected chi connectivity index (χ0v) is 9.94. The predicted molar refractivity (Wildman–Crippen MR) is 65.6 cm³/mol. The highest BCUT2D eigenvalue weighted by Crippen LogP contribution is 2.16. The van der Waals surface area contributed by atoms with E-state index in [-0.39, 0.29) is 0 Å². The standard InChI is InChI=1S/C14H18FNO/c15-14-5-8-16(9-6-14)11-13-3-1-12(2-4-13)7-10-17/h1-4,10,14H,5-9,11H2. The van der Waals surface area contributed by atoms with Gasteiger partial charge in [0.15, 0.2) is 0 Å². The van der Waals surface area contributed by atoms with E-state index in [0.29, 0.717) is 19.3 Å². The molecule has 0 unspecified atom stereocenters. The summed E-state index contributed by atoms with van der Waals surface area (Å²) < 4.78 is 13.0. The van der Waals surface area contributed by atoms with Crippen LogP contribution >= 0.6 is 0 Å². The summed E-state index contributed by atoms with van der Waals surface area (Å²) in [4.78, 5) is 12.6. The lowest BCUT2D eigenvalue weighted by Crippen LogP contribution is -2.33. The van der Waals surface area contributed by atoms with Crippen LogP contribution < -0.4 is 0 Å². The number of benzene rings is 1. The Morgan fingerprint density at radius 1 is 1.18 bits per heavy atom.